The molecule has 102 valence electrons. The number of hydrogen-bond donors (Lipinski definition) is 2. The molecule has 4 heteroatoms. The summed E-state index contributed by atoms with van der Waals surface area (Å²) in [6.45, 7) is 2.59. The van der Waals surface area contributed by atoms with Gasteiger partial charge < -0.3 is 15.4 Å². The second-order valence-corrected chi connectivity index (χ2v) is 4.82. The molecule has 0 aliphatic rings. The Kier molecular flexibility index (Phi) is 3.16. The Balaban J connectivity index is 2.29. The number of aromatic nitrogens is 2. The number of rotatable bonds is 3. The summed E-state index contributed by atoms with van der Waals surface area (Å²) in [5.74, 6) is 0.852. The Labute approximate surface area is 117 Å². The van der Waals surface area contributed by atoms with Crippen LogP contribution in [0.15, 0.2) is 42.5 Å². The lowest BCUT2D eigenvalue weighted by Crippen LogP contribution is -2.05. The quantitative estimate of drug-likeness (QED) is 0.717. The van der Waals surface area contributed by atoms with Gasteiger partial charge in [0.15, 0.2) is 0 Å². The van der Waals surface area contributed by atoms with Gasteiger partial charge in [-0.05, 0) is 30.7 Å². The summed E-state index contributed by atoms with van der Waals surface area (Å²) in [4.78, 5) is 4.70. The van der Waals surface area contributed by atoms with Gasteiger partial charge in [0.1, 0.15) is 5.82 Å². The fourth-order valence-electron chi connectivity index (χ4n) is 2.50. The topological polar surface area (TPSA) is 64.1 Å². The van der Waals surface area contributed by atoms with Crippen LogP contribution in [-0.2, 0) is 6.54 Å². The van der Waals surface area contributed by atoms with Gasteiger partial charge in [0.05, 0.1) is 17.6 Å². The van der Waals surface area contributed by atoms with E-state index in [0.717, 1.165) is 33.7 Å². The molecule has 0 bridgehead atoms. The first kappa shape index (κ1) is 12.7. The summed E-state index contributed by atoms with van der Waals surface area (Å²) in [6.07, 6.45) is 0. The van der Waals surface area contributed by atoms with Gasteiger partial charge in [-0.1, -0.05) is 24.3 Å². The average molecular weight is 267 g/mol. The molecule has 3 aromatic rings. The van der Waals surface area contributed by atoms with Gasteiger partial charge in [-0.2, -0.15) is 0 Å². The molecule has 3 rings (SSSR count). The molecule has 0 fully saturated rings. The van der Waals surface area contributed by atoms with Gasteiger partial charge in [-0.15, -0.1) is 0 Å². The molecular weight excluding hydrogens is 250 g/mol. The molecule has 0 atom stereocenters. The van der Waals surface area contributed by atoms with Crippen molar-refractivity contribution in [3.05, 3.63) is 48.0 Å². The molecular formula is C16H17N3O. The van der Waals surface area contributed by atoms with Crippen LogP contribution in [0.2, 0.25) is 0 Å². The first-order chi connectivity index (χ1) is 9.72. The highest BCUT2D eigenvalue weighted by molar-refractivity contribution is 5.82. The third-order valence-electron chi connectivity index (χ3n) is 3.59. The summed E-state index contributed by atoms with van der Waals surface area (Å²) >= 11 is 0. The number of hydrogen-bond acceptors (Lipinski definition) is 3. The van der Waals surface area contributed by atoms with E-state index in [2.05, 4.69) is 0 Å². The highest BCUT2D eigenvalue weighted by Crippen LogP contribution is 2.29. The molecule has 0 saturated carbocycles. The van der Waals surface area contributed by atoms with Crippen LogP contribution in [0.1, 0.15) is 5.56 Å². The van der Waals surface area contributed by atoms with Gasteiger partial charge in [0, 0.05) is 17.8 Å². The molecule has 3 N–H and O–H groups in total. The predicted molar refractivity (Wildman–Crippen MR) is 81.4 cm³/mol. The summed E-state index contributed by atoms with van der Waals surface area (Å²) in [7, 11) is 0. The summed E-state index contributed by atoms with van der Waals surface area (Å²) < 4.78 is 2.04. The summed E-state index contributed by atoms with van der Waals surface area (Å²) in [5.41, 5.74) is 10.7. The molecule has 0 radical (unpaired) electrons. The normalized spacial score (nSPS) is 11.1. The number of anilines is 1. The van der Waals surface area contributed by atoms with E-state index in [0.29, 0.717) is 6.54 Å². The van der Waals surface area contributed by atoms with Crippen molar-refractivity contribution in [1.82, 2.24) is 9.55 Å². The molecule has 0 unspecified atom stereocenters. The molecule has 4 nitrogen and oxygen atoms in total. The second-order valence-electron chi connectivity index (χ2n) is 4.82. The van der Waals surface area contributed by atoms with Crippen LogP contribution in [0.4, 0.5) is 5.69 Å². The van der Waals surface area contributed by atoms with Crippen LogP contribution in [0.25, 0.3) is 22.4 Å². The Bertz CT molecular complexity index is 762. The van der Waals surface area contributed by atoms with Gasteiger partial charge in [-0.25, -0.2) is 4.98 Å². The van der Waals surface area contributed by atoms with E-state index in [1.54, 1.807) is 0 Å². The van der Waals surface area contributed by atoms with E-state index < -0.39 is 0 Å². The number of nitrogens with two attached hydrogens (primary N) is 1. The van der Waals surface area contributed by atoms with Crippen molar-refractivity contribution >= 4 is 16.7 Å². The Hall–Kier alpha value is -2.33. The summed E-state index contributed by atoms with van der Waals surface area (Å²) in [5, 5.41) is 9.32. The lowest BCUT2D eigenvalue weighted by atomic mass is 10.1. The number of aliphatic hydroxyl groups excluding tert-OH is 1. The van der Waals surface area contributed by atoms with E-state index in [4.69, 9.17) is 10.7 Å². The first-order valence-electron chi connectivity index (χ1n) is 6.64. The van der Waals surface area contributed by atoms with E-state index in [1.807, 2.05) is 54.0 Å². The molecule has 0 spiro atoms. The van der Waals surface area contributed by atoms with Crippen molar-refractivity contribution in [3.8, 4) is 11.4 Å². The molecule has 0 saturated heterocycles. The Morgan fingerprint density at radius 2 is 1.95 bits per heavy atom. The fourth-order valence-corrected chi connectivity index (χ4v) is 2.50. The average Bonchev–Trinajstić information content (AvgIpc) is 2.81. The highest BCUT2D eigenvalue weighted by atomic mass is 16.3. The van der Waals surface area contributed by atoms with E-state index in [-0.39, 0.29) is 6.61 Å². The van der Waals surface area contributed by atoms with Crippen molar-refractivity contribution in [2.75, 3.05) is 12.3 Å². The monoisotopic (exact) mass is 267 g/mol. The number of para-hydroxylation sites is 2. The third kappa shape index (κ3) is 1.94. The number of aliphatic hydroxyl groups is 1. The number of imidazole rings is 1. The first-order valence-corrected chi connectivity index (χ1v) is 6.64. The minimum atomic E-state index is 0.0781. The van der Waals surface area contributed by atoms with Gasteiger partial charge in [-0.3, -0.25) is 0 Å². The molecule has 2 aromatic carbocycles. The summed E-state index contributed by atoms with van der Waals surface area (Å²) in [6, 6.07) is 13.8. The van der Waals surface area contributed by atoms with Crippen molar-refractivity contribution in [1.29, 1.82) is 0 Å². The maximum absolute atomic E-state index is 9.32. The molecule has 20 heavy (non-hydrogen) atoms. The number of nitrogen functional groups attached to an aromatic ring is 1. The van der Waals surface area contributed by atoms with E-state index in [9.17, 15) is 5.11 Å². The van der Waals surface area contributed by atoms with Crippen LogP contribution in [0.3, 0.4) is 0 Å². The van der Waals surface area contributed by atoms with Crippen molar-refractivity contribution in [3.63, 3.8) is 0 Å². The minimum absolute atomic E-state index is 0.0781. The SMILES string of the molecule is Cc1c(N)cccc1-c1nc2ccccc2n1CCO. The number of fused-ring (bicyclic) bond motifs is 1. The Morgan fingerprint density at radius 3 is 2.75 bits per heavy atom. The van der Waals surface area contributed by atoms with Crippen LogP contribution in [-0.4, -0.2) is 21.3 Å². The van der Waals surface area contributed by atoms with Crippen molar-refractivity contribution in [2.45, 2.75) is 13.5 Å². The maximum Gasteiger partial charge on any atom is 0.141 e. The van der Waals surface area contributed by atoms with E-state index >= 15 is 0 Å². The van der Waals surface area contributed by atoms with Crippen molar-refractivity contribution < 1.29 is 5.11 Å². The van der Waals surface area contributed by atoms with Crippen LogP contribution in [0, 0.1) is 6.92 Å². The van der Waals surface area contributed by atoms with E-state index in [1.165, 1.54) is 0 Å². The second kappa shape index (κ2) is 4.98. The molecule has 1 heterocycles. The number of benzene rings is 2. The standard InChI is InChI=1S/C16H17N3O/c1-11-12(5-4-6-13(11)17)16-18-14-7-2-3-8-15(14)19(16)9-10-20/h2-8,20H,9-10,17H2,1H3. The molecule has 0 aliphatic carbocycles. The zero-order chi connectivity index (χ0) is 14.1. The van der Waals surface area contributed by atoms with Crippen LogP contribution in [0.5, 0.6) is 0 Å². The van der Waals surface area contributed by atoms with Gasteiger partial charge >= 0.3 is 0 Å². The largest absolute Gasteiger partial charge is 0.398 e. The number of nitrogens with zero attached hydrogens (tertiary/aromatic N) is 2. The fraction of sp³-hybridized carbons (Fsp3) is 0.188. The predicted octanol–water partition coefficient (Wildman–Crippen LogP) is 2.59. The smallest absolute Gasteiger partial charge is 0.141 e. The lowest BCUT2D eigenvalue weighted by Gasteiger charge is -2.11. The maximum atomic E-state index is 9.32. The van der Waals surface area contributed by atoms with Crippen LogP contribution >= 0.6 is 0 Å². The Morgan fingerprint density at radius 1 is 1.15 bits per heavy atom. The lowest BCUT2D eigenvalue weighted by molar-refractivity contribution is 0.278. The highest BCUT2D eigenvalue weighted by Gasteiger charge is 2.14. The minimum Gasteiger partial charge on any atom is -0.398 e. The van der Waals surface area contributed by atoms with Crippen LogP contribution < -0.4 is 5.73 Å². The molecule has 1 aromatic heterocycles. The van der Waals surface area contributed by atoms with Gasteiger partial charge in [0.25, 0.3) is 0 Å². The molecule has 0 aliphatic heterocycles. The van der Waals surface area contributed by atoms with Gasteiger partial charge in [0.2, 0.25) is 0 Å². The zero-order valence-corrected chi connectivity index (χ0v) is 11.4. The van der Waals surface area contributed by atoms with Crippen molar-refractivity contribution in [2.24, 2.45) is 0 Å². The molecule has 0 amide bonds. The zero-order valence-electron chi connectivity index (χ0n) is 11.4. The third-order valence-corrected chi connectivity index (χ3v) is 3.59.